The van der Waals surface area contributed by atoms with Crippen molar-refractivity contribution in [1.82, 2.24) is 0 Å². The largest absolute Gasteiger partial charge is 0.504 e. The monoisotopic (exact) mass is 652 g/mol. The molecule has 0 radical (unpaired) electrons. The number of carbonyl (C=O) groups is 3. The van der Waals surface area contributed by atoms with Gasteiger partial charge in [-0.15, -0.1) is 0 Å². The SMILES string of the molecule is CCCCCCCCCCCCCCCCCC(=O)O.COc1cc(/C=C/C(=O)CC(=O)/C=C/c2ccc(O)c(OC)c2)ccc1O. The molecule has 0 amide bonds. The lowest BCUT2D eigenvalue weighted by atomic mass is 10.0. The molecular formula is C39H56O8. The topological polar surface area (TPSA) is 130 Å². The van der Waals surface area contributed by atoms with E-state index in [1.165, 1.54) is 122 Å². The van der Waals surface area contributed by atoms with Gasteiger partial charge in [0.15, 0.2) is 34.6 Å². The van der Waals surface area contributed by atoms with E-state index in [2.05, 4.69) is 6.92 Å². The molecule has 0 aromatic heterocycles. The number of ketones is 2. The van der Waals surface area contributed by atoms with E-state index in [0.29, 0.717) is 29.0 Å². The Labute approximate surface area is 281 Å². The maximum atomic E-state index is 11.9. The van der Waals surface area contributed by atoms with Crippen LogP contribution in [-0.2, 0) is 14.4 Å². The minimum atomic E-state index is -0.653. The second-order valence-electron chi connectivity index (χ2n) is 11.7. The van der Waals surface area contributed by atoms with Gasteiger partial charge in [-0.05, 0) is 54.0 Å². The molecule has 0 bridgehead atoms. The van der Waals surface area contributed by atoms with Gasteiger partial charge in [-0.2, -0.15) is 0 Å². The lowest BCUT2D eigenvalue weighted by Crippen LogP contribution is -2.01. The molecule has 2 rings (SSSR count). The molecular weight excluding hydrogens is 596 g/mol. The highest BCUT2D eigenvalue weighted by molar-refractivity contribution is 6.10. The van der Waals surface area contributed by atoms with Gasteiger partial charge in [-0.25, -0.2) is 0 Å². The summed E-state index contributed by atoms with van der Waals surface area (Å²) in [6.07, 6.45) is 25.6. The summed E-state index contributed by atoms with van der Waals surface area (Å²) in [7, 11) is 2.87. The van der Waals surface area contributed by atoms with Crippen LogP contribution < -0.4 is 9.47 Å². The number of phenols is 2. The first-order valence-corrected chi connectivity index (χ1v) is 17.1. The van der Waals surface area contributed by atoms with Gasteiger partial charge in [-0.3, -0.25) is 14.4 Å². The van der Waals surface area contributed by atoms with E-state index in [9.17, 15) is 24.6 Å². The van der Waals surface area contributed by atoms with Crippen LogP contribution in [0.3, 0.4) is 0 Å². The molecule has 0 unspecified atom stereocenters. The van der Waals surface area contributed by atoms with Crippen LogP contribution in [0.5, 0.6) is 23.0 Å². The van der Waals surface area contributed by atoms with Crippen LogP contribution in [0.4, 0.5) is 0 Å². The first-order valence-electron chi connectivity index (χ1n) is 17.1. The van der Waals surface area contributed by atoms with Crippen molar-refractivity contribution in [3.05, 3.63) is 59.7 Å². The Kier molecular flexibility index (Phi) is 22.7. The van der Waals surface area contributed by atoms with Crippen LogP contribution in [0.15, 0.2) is 48.6 Å². The molecule has 8 nitrogen and oxygen atoms in total. The number of phenolic OH excluding ortho intramolecular Hbond substituents is 2. The summed E-state index contributed by atoms with van der Waals surface area (Å²) in [5, 5.41) is 27.6. The van der Waals surface area contributed by atoms with E-state index in [0.717, 1.165) is 12.8 Å². The maximum Gasteiger partial charge on any atom is 0.303 e. The molecule has 0 heterocycles. The summed E-state index contributed by atoms with van der Waals surface area (Å²) >= 11 is 0. The second-order valence-corrected chi connectivity index (χ2v) is 11.7. The average Bonchev–Trinajstić information content (AvgIpc) is 3.06. The predicted octanol–water partition coefficient (Wildman–Crippen LogP) is 9.70. The number of carboxylic acid groups (broad SMARTS) is 1. The number of aliphatic carboxylic acids is 1. The number of unbranched alkanes of at least 4 members (excludes halogenated alkanes) is 14. The summed E-state index contributed by atoms with van der Waals surface area (Å²) in [5.41, 5.74) is 1.33. The van der Waals surface area contributed by atoms with Crippen LogP contribution in [-0.4, -0.2) is 47.1 Å². The van der Waals surface area contributed by atoms with Crippen molar-refractivity contribution in [2.45, 2.75) is 116 Å². The number of aromatic hydroxyl groups is 2. The number of carbonyl (C=O) groups excluding carboxylic acids is 2. The molecule has 8 heteroatoms. The summed E-state index contributed by atoms with van der Waals surface area (Å²) in [4.78, 5) is 34.2. The highest BCUT2D eigenvalue weighted by Crippen LogP contribution is 2.27. The standard InChI is InChI=1S/C21H20O6.C18H36O2/c1-26-20-11-14(5-9-18(20)24)3-7-16(22)13-17(23)8-4-15-6-10-19(25)21(12-15)27-2;1-2-3-4-5-6-7-8-9-10-11-12-13-14-15-16-17-18(19)20/h3-12,24-25H,13H2,1-2H3;2-17H2,1H3,(H,19,20)/b7-3+,8-4+;. The van der Waals surface area contributed by atoms with Gasteiger partial charge in [-0.1, -0.05) is 121 Å². The zero-order chi connectivity index (χ0) is 34.7. The fourth-order valence-electron chi connectivity index (χ4n) is 4.91. The smallest absolute Gasteiger partial charge is 0.303 e. The molecule has 0 saturated carbocycles. The van der Waals surface area contributed by atoms with Crippen molar-refractivity contribution in [2.75, 3.05) is 14.2 Å². The molecule has 0 fully saturated rings. The van der Waals surface area contributed by atoms with Crippen molar-refractivity contribution in [1.29, 1.82) is 0 Å². The average molecular weight is 653 g/mol. The van der Waals surface area contributed by atoms with Gasteiger partial charge in [0, 0.05) is 6.42 Å². The lowest BCUT2D eigenvalue weighted by Gasteiger charge is -2.03. The number of hydrogen-bond acceptors (Lipinski definition) is 7. The van der Waals surface area contributed by atoms with Crippen LogP contribution in [0, 0.1) is 0 Å². The van der Waals surface area contributed by atoms with E-state index >= 15 is 0 Å². The number of allylic oxidation sites excluding steroid dienone is 2. The maximum absolute atomic E-state index is 11.9. The van der Waals surface area contributed by atoms with Gasteiger partial charge in [0.2, 0.25) is 0 Å². The fourth-order valence-corrected chi connectivity index (χ4v) is 4.91. The van der Waals surface area contributed by atoms with Gasteiger partial charge in [0.25, 0.3) is 0 Å². The lowest BCUT2D eigenvalue weighted by molar-refractivity contribution is -0.137. The minimum Gasteiger partial charge on any atom is -0.504 e. The van der Waals surface area contributed by atoms with E-state index < -0.39 is 5.97 Å². The normalized spacial score (nSPS) is 11.0. The van der Waals surface area contributed by atoms with E-state index in [1.807, 2.05) is 0 Å². The Morgan fingerprint density at radius 2 is 0.957 bits per heavy atom. The number of benzene rings is 2. The molecule has 260 valence electrons. The zero-order valence-corrected chi connectivity index (χ0v) is 28.7. The third kappa shape index (κ3) is 20.6. The van der Waals surface area contributed by atoms with Crippen molar-refractivity contribution < 1.29 is 39.2 Å². The molecule has 2 aromatic carbocycles. The molecule has 0 saturated heterocycles. The second kappa shape index (κ2) is 26.0. The van der Waals surface area contributed by atoms with Crippen molar-refractivity contribution in [3.63, 3.8) is 0 Å². The Hall–Kier alpha value is -4.07. The number of hydrogen-bond donors (Lipinski definition) is 3. The van der Waals surface area contributed by atoms with Gasteiger partial charge >= 0.3 is 5.97 Å². The molecule has 0 atom stereocenters. The summed E-state index contributed by atoms with van der Waals surface area (Å²) in [6, 6.07) is 9.34. The summed E-state index contributed by atoms with van der Waals surface area (Å²) in [5.74, 6) is -0.736. The van der Waals surface area contributed by atoms with Crippen LogP contribution >= 0.6 is 0 Å². The third-order valence-electron chi connectivity index (χ3n) is 7.67. The van der Waals surface area contributed by atoms with E-state index in [4.69, 9.17) is 14.6 Å². The quantitative estimate of drug-likeness (QED) is 0.0580. The zero-order valence-electron chi connectivity index (χ0n) is 28.7. The molecule has 3 N–H and O–H groups in total. The van der Waals surface area contributed by atoms with Crippen LogP contribution in [0.1, 0.15) is 127 Å². The highest BCUT2D eigenvalue weighted by atomic mass is 16.5. The molecule has 0 aliphatic rings. The first-order chi connectivity index (χ1) is 22.7. The van der Waals surface area contributed by atoms with Crippen LogP contribution in [0.2, 0.25) is 0 Å². The van der Waals surface area contributed by atoms with Gasteiger partial charge in [0.05, 0.1) is 20.6 Å². The van der Waals surface area contributed by atoms with Gasteiger partial charge < -0.3 is 24.8 Å². The fraction of sp³-hybridized carbons (Fsp3) is 0.513. The van der Waals surface area contributed by atoms with Gasteiger partial charge in [0.1, 0.15) is 0 Å². The molecule has 2 aromatic rings. The van der Waals surface area contributed by atoms with Crippen LogP contribution in [0.25, 0.3) is 12.2 Å². The predicted molar refractivity (Wildman–Crippen MR) is 189 cm³/mol. The van der Waals surface area contributed by atoms with E-state index in [-0.39, 0.29) is 29.5 Å². The number of ether oxygens (including phenoxy) is 2. The molecule has 47 heavy (non-hydrogen) atoms. The summed E-state index contributed by atoms with van der Waals surface area (Å²) < 4.78 is 10.00. The highest BCUT2D eigenvalue weighted by Gasteiger charge is 2.06. The van der Waals surface area contributed by atoms with Crippen molar-refractivity contribution in [3.8, 4) is 23.0 Å². The number of rotatable bonds is 24. The third-order valence-corrected chi connectivity index (χ3v) is 7.67. The van der Waals surface area contributed by atoms with E-state index in [1.54, 1.807) is 36.4 Å². The number of carboxylic acids is 1. The minimum absolute atomic E-state index is 0.00662. The molecule has 0 spiro atoms. The Morgan fingerprint density at radius 1 is 0.596 bits per heavy atom. The summed E-state index contributed by atoms with van der Waals surface area (Å²) in [6.45, 7) is 2.27. The Bertz CT molecular complexity index is 1170. The molecule has 0 aliphatic heterocycles. The number of methoxy groups -OCH3 is 2. The van der Waals surface area contributed by atoms with Crippen molar-refractivity contribution in [2.24, 2.45) is 0 Å². The Balaban J connectivity index is 0.000000494. The first kappa shape index (κ1) is 41.0. The molecule has 0 aliphatic carbocycles. The Morgan fingerprint density at radius 3 is 1.30 bits per heavy atom. The van der Waals surface area contributed by atoms with Crippen molar-refractivity contribution >= 4 is 29.7 Å².